The second-order valence-electron chi connectivity index (χ2n) is 5.53. The van der Waals surface area contributed by atoms with Gasteiger partial charge in [-0.3, -0.25) is 0 Å². The molecule has 0 aromatic carbocycles. The van der Waals surface area contributed by atoms with Crippen molar-refractivity contribution in [3.8, 4) is 0 Å². The summed E-state index contributed by atoms with van der Waals surface area (Å²) in [6, 6.07) is 0. The number of nitrogens with zero attached hydrogens (tertiary/aromatic N) is 1. The van der Waals surface area contributed by atoms with Crippen LogP contribution in [0.2, 0.25) is 0 Å². The van der Waals surface area contributed by atoms with Crippen LogP contribution in [0.5, 0.6) is 0 Å². The number of alkyl halides is 2. The molecule has 0 radical (unpaired) electrons. The van der Waals surface area contributed by atoms with Crippen molar-refractivity contribution in [2.45, 2.75) is 49.2 Å². The van der Waals surface area contributed by atoms with Gasteiger partial charge in [-0.05, 0) is 26.3 Å². The third kappa shape index (κ3) is 1.96. The molecule has 1 saturated carbocycles. The Bertz CT molecular complexity index is 275. The van der Waals surface area contributed by atoms with Crippen LogP contribution in [0.4, 0.5) is 8.78 Å². The Morgan fingerprint density at radius 1 is 1.12 bits per heavy atom. The highest BCUT2D eigenvalue weighted by Crippen LogP contribution is 2.44. The van der Waals surface area contributed by atoms with Gasteiger partial charge in [0.05, 0.1) is 5.60 Å². The van der Waals surface area contributed by atoms with Gasteiger partial charge in [-0.1, -0.05) is 0 Å². The SMILES string of the molecule is CN1CCC(O)(C2(N)CCC(F)(F)CC2)C1. The Labute approximate surface area is 94.6 Å². The molecule has 1 unspecified atom stereocenters. The lowest BCUT2D eigenvalue weighted by Gasteiger charge is -2.46. The number of nitrogens with two attached hydrogens (primary N) is 1. The van der Waals surface area contributed by atoms with Crippen molar-refractivity contribution in [1.29, 1.82) is 0 Å². The number of β-amino-alcohol motifs (C(OH)–C–C–N with tert-alkyl or cyclic N) is 1. The summed E-state index contributed by atoms with van der Waals surface area (Å²) >= 11 is 0. The van der Waals surface area contributed by atoms with Crippen LogP contribution >= 0.6 is 0 Å². The van der Waals surface area contributed by atoms with E-state index in [1.807, 2.05) is 11.9 Å². The lowest BCUT2D eigenvalue weighted by molar-refractivity contribution is -0.102. The number of halogens is 2. The minimum absolute atomic E-state index is 0.199. The second-order valence-corrected chi connectivity index (χ2v) is 5.53. The van der Waals surface area contributed by atoms with Crippen molar-refractivity contribution in [3.05, 3.63) is 0 Å². The fourth-order valence-electron chi connectivity index (χ4n) is 2.91. The number of rotatable bonds is 1. The van der Waals surface area contributed by atoms with Crippen LogP contribution in [0, 0.1) is 0 Å². The molecule has 0 aromatic heterocycles. The van der Waals surface area contributed by atoms with E-state index < -0.39 is 17.1 Å². The summed E-state index contributed by atoms with van der Waals surface area (Å²) in [7, 11) is 1.92. The normalized spacial score (nSPS) is 38.8. The maximum Gasteiger partial charge on any atom is 0.248 e. The maximum atomic E-state index is 13.1. The van der Waals surface area contributed by atoms with E-state index in [1.54, 1.807) is 0 Å². The molecule has 2 fully saturated rings. The molecule has 94 valence electrons. The summed E-state index contributed by atoms with van der Waals surface area (Å²) in [5.41, 5.74) is 4.35. The van der Waals surface area contributed by atoms with E-state index in [1.165, 1.54) is 0 Å². The maximum absolute atomic E-state index is 13.1. The highest BCUT2D eigenvalue weighted by atomic mass is 19.3. The fraction of sp³-hybridized carbons (Fsp3) is 1.00. The monoisotopic (exact) mass is 234 g/mol. The number of likely N-dealkylation sites (N-methyl/N-ethyl adjacent to an activating group) is 1. The van der Waals surface area contributed by atoms with Crippen LogP contribution in [0.1, 0.15) is 32.1 Å². The Morgan fingerprint density at radius 2 is 1.69 bits per heavy atom. The van der Waals surface area contributed by atoms with E-state index in [2.05, 4.69) is 0 Å². The van der Waals surface area contributed by atoms with E-state index in [0.29, 0.717) is 13.0 Å². The van der Waals surface area contributed by atoms with Gasteiger partial charge in [0.1, 0.15) is 0 Å². The molecule has 2 aliphatic rings. The van der Waals surface area contributed by atoms with Gasteiger partial charge < -0.3 is 15.7 Å². The van der Waals surface area contributed by atoms with E-state index in [0.717, 1.165) is 6.54 Å². The summed E-state index contributed by atoms with van der Waals surface area (Å²) in [4.78, 5) is 2.00. The number of aliphatic hydroxyl groups is 1. The summed E-state index contributed by atoms with van der Waals surface area (Å²) in [5.74, 6) is -2.59. The van der Waals surface area contributed by atoms with Gasteiger partial charge in [-0.25, -0.2) is 8.78 Å². The first kappa shape index (κ1) is 12.2. The number of hydrogen-bond acceptors (Lipinski definition) is 3. The van der Waals surface area contributed by atoms with Gasteiger partial charge >= 0.3 is 0 Å². The third-order valence-corrected chi connectivity index (χ3v) is 4.24. The van der Waals surface area contributed by atoms with Gasteiger partial charge in [0, 0.05) is 31.5 Å². The zero-order valence-electron chi connectivity index (χ0n) is 9.68. The Hall–Kier alpha value is -0.260. The van der Waals surface area contributed by atoms with Crippen LogP contribution in [-0.2, 0) is 0 Å². The molecule has 1 aliphatic carbocycles. The van der Waals surface area contributed by atoms with Gasteiger partial charge in [-0.15, -0.1) is 0 Å². The summed E-state index contributed by atoms with van der Waals surface area (Å²) in [5, 5.41) is 10.5. The molecule has 3 nitrogen and oxygen atoms in total. The van der Waals surface area contributed by atoms with Crippen LogP contribution in [0.15, 0.2) is 0 Å². The zero-order valence-corrected chi connectivity index (χ0v) is 9.68. The predicted octanol–water partition coefficient (Wildman–Crippen LogP) is 0.960. The number of likely N-dealkylation sites (tertiary alicyclic amines) is 1. The fourth-order valence-corrected chi connectivity index (χ4v) is 2.91. The summed E-state index contributed by atoms with van der Waals surface area (Å²) in [6.07, 6.45) is 0.616. The van der Waals surface area contributed by atoms with Crippen molar-refractivity contribution < 1.29 is 13.9 Å². The minimum atomic E-state index is -2.59. The van der Waals surface area contributed by atoms with E-state index in [-0.39, 0.29) is 25.7 Å². The molecule has 0 bridgehead atoms. The largest absolute Gasteiger partial charge is 0.387 e. The molecule has 5 heteroatoms. The van der Waals surface area contributed by atoms with Crippen molar-refractivity contribution in [2.75, 3.05) is 20.1 Å². The lowest BCUT2D eigenvalue weighted by Crippen LogP contribution is -2.64. The minimum Gasteiger partial charge on any atom is -0.387 e. The Morgan fingerprint density at radius 3 is 2.12 bits per heavy atom. The highest BCUT2D eigenvalue weighted by molar-refractivity contribution is 5.10. The van der Waals surface area contributed by atoms with Crippen LogP contribution in [0.25, 0.3) is 0 Å². The van der Waals surface area contributed by atoms with Crippen LogP contribution in [-0.4, -0.2) is 47.2 Å². The van der Waals surface area contributed by atoms with Crippen molar-refractivity contribution >= 4 is 0 Å². The van der Waals surface area contributed by atoms with Crippen molar-refractivity contribution in [2.24, 2.45) is 5.73 Å². The smallest absolute Gasteiger partial charge is 0.248 e. The first-order chi connectivity index (χ1) is 7.27. The Balaban J connectivity index is 2.09. The summed E-state index contributed by atoms with van der Waals surface area (Å²) < 4.78 is 26.2. The molecule has 1 aliphatic heterocycles. The van der Waals surface area contributed by atoms with E-state index in [4.69, 9.17) is 5.73 Å². The molecule has 1 saturated heterocycles. The third-order valence-electron chi connectivity index (χ3n) is 4.24. The highest BCUT2D eigenvalue weighted by Gasteiger charge is 2.54. The lowest BCUT2D eigenvalue weighted by atomic mass is 9.69. The summed E-state index contributed by atoms with van der Waals surface area (Å²) in [6.45, 7) is 1.28. The standard InChI is InChI=1S/C11H20F2N2O/c1-15-7-6-10(16,8-15)9(14)2-4-11(12,13)5-3-9/h16H,2-8,14H2,1H3. The molecule has 1 atom stereocenters. The quantitative estimate of drug-likeness (QED) is 0.710. The topological polar surface area (TPSA) is 49.5 Å². The van der Waals surface area contributed by atoms with Crippen molar-refractivity contribution in [1.82, 2.24) is 4.90 Å². The van der Waals surface area contributed by atoms with Crippen molar-refractivity contribution in [3.63, 3.8) is 0 Å². The molecule has 0 aromatic rings. The molecular formula is C11H20F2N2O. The first-order valence-corrected chi connectivity index (χ1v) is 5.84. The van der Waals surface area contributed by atoms with E-state index in [9.17, 15) is 13.9 Å². The van der Waals surface area contributed by atoms with Gasteiger partial charge in [0.25, 0.3) is 0 Å². The van der Waals surface area contributed by atoms with Gasteiger partial charge in [0.15, 0.2) is 0 Å². The number of hydrogen-bond donors (Lipinski definition) is 2. The molecule has 2 rings (SSSR count). The molecule has 3 N–H and O–H groups in total. The molecular weight excluding hydrogens is 214 g/mol. The van der Waals surface area contributed by atoms with E-state index >= 15 is 0 Å². The first-order valence-electron chi connectivity index (χ1n) is 5.84. The molecule has 16 heavy (non-hydrogen) atoms. The predicted molar refractivity (Wildman–Crippen MR) is 57.4 cm³/mol. The molecule has 1 heterocycles. The zero-order chi connectivity index (χ0) is 12.0. The molecule has 0 amide bonds. The second kappa shape index (κ2) is 3.62. The van der Waals surface area contributed by atoms with Crippen LogP contribution in [0.3, 0.4) is 0 Å². The average molecular weight is 234 g/mol. The molecule has 0 spiro atoms. The average Bonchev–Trinajstić information content (AvgIpc) is 2.54. The van der Waals surface area contributed by atoms with Gasteiger partial charge in [-0.2, -0.15) is 0 Å². The Kier molecular flexibility index (Phi) is 2.76. The van der Waals surface area contributed by atoms with Crippen LogP contribution < -0.4 is 5.73 Å². The van der Waals surface area contributed by atoms with Gasteiger partial charge in [0.2, 0.25) is 5.92 Å².